The lowest BCUT2D eigenvalue weighted by Gasteiger charge is -2.14. The highest BCUT2D eigenvalue weighted by atomic mass is 35.5. The zero-order valence-electron chi connectivity index (χ0n) is 35.7. The Morgan fingerprint density at radius 3 is 1.47 bits per heavy atom. The lowest BCUT2D eigenvalue weighted by Crippen LogP contribution is -2.15. The van der Waals surface area contributed by atoms with Crippen molar-refractivity contribution in [2.45, 2.75) is 126 Å². The molecule has 4 aliphatic rings. The topological polar surface area (TPSA) is 187 Å². The molecule has 0 spiro atoms. The number of aromatic nitrogens is 4. The van der Waals surface area contributed by atoms with Crippen LogP contribution < -0.4 is 0 Å². The Kier molecular flexibility index (Phi) is 13.0. The number of pyridine rings is 2. The predicted octanol–water partition coefficient (Wildman–Crippen LogP) is 10.1. The number of aryl methyl sites for hydroxylation is 4. The van der Waals surface area contributed by atoms with Gasteiger partial charge in [0.15, 0.2) is 19.7 Å². The number of hydrogen-bond donors (Lipinski definition) is 2. The summed E-state index contributed by atoms with van der Waals surface area (Å²) in [5.74, 6) is 2.95. The van der Waals surface area contributed by atoms with Gasteiger partial charge in [0.2, 0.25) is 0 Å². The summed E-state index contributed by atoms with van der Waals surface area (Å²) in [6, 6.07) is 14.7. The van der Waals surface area contributed by atoms with E-state index >= 15 is 0 Å². The Morgan fingerprint density at radius 2 is 1.08 bits per heavy atom. The molecule has 0 saturated heterocycles. The van der Waals surface area contributed by atoms with Crippen molar-refractivity contribution in [2.24, 2.45) is 11.8 Å². The summed E-state index contributed by atoms with van der Waals surface area (Å²) in [6.45, 7) is 7.41. The second kappa shape index (κ2) is 18.2. The van der Waals surface area contributed by atoms with E-state index in [2.05, 4.69) is 15.3 Å². The maximum absolute atomic E-state index is 13.5. The highest BCUT2D eigenvalue weighted by molar-refractivity contribution is 7.92. The summed E-state index contributed by atoms with van der Waals surface area (Å²) in [7, 11) is -7.91. The van der Waals surface area contributed by atoms with Gasteiger partial charge in [0.25, 0.3) is 0 Å². The number of nitrogens with zero attached hydrogens (tertiary/aromatic N) is 4. The average Bonchev–Trinajstić information content (AvgIpc) is 4.09. The van der Waals surface area contributed by atoms with E-state index in [4.69, 9.17) is 35.7 Å². The van der Waals surface area contributed by atoms with Crippen molar-refractivity contribution < 1.29 is 35.9 Å². The highest BCUT2D eigenvalue weighted by Gasteiger charge is 2.33. The van der Waals surface area contributed by atoms with Crippen molar-refractivity contribution in [3.8, 4) is 22.3 Å². The zero-order chi connectivity index (χ0) is 43.9. The normalized spacial score (nSPS) is 17.3. The van der Waals surface area contributed by atoms with Gasteiger partial charge < -0.3 is 19.1 Å². The van der Waals surface area contributed by atoms with Crippen LogP contribution in [0, 0.1) is 39.5 Å². The number of hydrogen-bond acceptors (Lipinski definition) is 12. The molecule has 0 amide bonds. The minimum absolute atomic E-state index is 0.176. The van der Waals surface area contributed by atoms with Crippen LogP contribution in [-0.2, 0) is 19.7 Å². The predicted molar refractivity (Wildman–Crippen MR) is 242 cm³/mol. The molecule has 0 unspecified atom stereocenters. The number of benzene rings is 2. The minimum Gasteiger partial charge on any atom is -0.427 e. The molecule has 62 heavy (non-hydrogen) atoms. The second-order valence-electron chi connectivity index (χ2n) is 17.7. The average molecular weight is 901 g/mol. The van der Waals surface area contributed by atoms with Gasteiger partial charge in [0.1, 0.15) is 16.7 Å². The summed E-state index contributed by atoms with van der Waals surface area (Å²) in [5.41, 5.74) is 7.07. The van der Waals surface area contributed by atoms with Crippen molar-refractivity contribution in [3.05, 3.63) is 82.3 Å². The van der Waals surface area contributed by atoms with Crippen LogP contribution in [0.5, 0.6) is 0 Å². The smallest absolute Gasteiger partial charge is 0.427 e. The molecule has 2 aromatic carbocycles. The Labute approximate surface area is 368 Å². The molecule has 4 heterocycles. The molecule has 6 aromatic rings. The highest BCUT2D eigenvalue weighted by Crippen LogP contribution is 2.42. The number of fused-ring (bicyclic) bond motifs is 2. The second-order valence-corrected chi connectivity index (χ2v) is 22.1. The van der Waals surface area contributed by atoms with Crippen LogP contribution in [0.25, 0.3) is 44.1 Å². The van der Waals surface area contributed by atoms with Crippen molar-refractivity contribution in [2.75, 3.05) is 11.5 Å². The van der Waals surface area contributed by atoms with Gasteiger partial charge in [-0.2, -0.15) is 0 Å². The van der Waals surface area contributed by atoms with E-state index in [0.29, 0.717) is 49.0 Å². The molecular weight excluding hydrogens is 847 g/mol. The van der Waals surface area contributed by atoms with Crippen molar-refractivity contribution in [1.82, 2.24) is 20.3 Å². The Balaban J connectivity index is 0.000000151. The molecule has 12 nitrogen and oxygen atoms in total. The lowest BCUT2D eigenvalue weighted by atomic mass is 9.84. The van der Waals surface area contributed by atoms with Gasteiger partial charge in [-0.3, -0.25) is 4.98 Å². The van der Waals surface area contributed by atoms with Crippen LogP contribution in [-0.4, -0.2) is 65.8 Å². The van der Waals surface area contributed by atoms with E-state index in [-0.39, 0.29) is 29.2 Å². The third-order valence-electron chi connectivity index (χ3n) is 12.7. The number of sulfone groups is 2. The molecule has 16 heteroatoms. The maximum atomic E-state index is 13.5. The minimum atomic E-state index is -3.46. The first-order chi connectivity index (χ1) is 29.6. The van der Waals surface area contributed by atoms with Crippen LogP contribution in [0.2, 0.25) is 11.0 Å². The molecule has 0 atom stereocenters. The van der Waals surface area contributed by atoms with Crippen LogP contribution in [0.4, 0.5) is 0 Å². The molecule has 4 saturated carbocycles. The van der Waals surface area contributed by atoms with Crippen LogP contribution in [0.3, 0.4) is 0 Å². The van der Waals surface area contributed by atoms with Crippen LogP contribution >= 0.6 is 11.6 Å². The lowest BCUT2D eigenvalue weighted by molar-refractivity contribution is 0.393. The first-order valence-electron chi connectivity index (χ1n) is 21.8. The molecule has 4 fully saturated rings. The van der Waals surface area contributed by atoms with E-state index in [9.17, 15) is 16.8 Å². The summed E-state index contributed by atoms with van der Waals surface area (Å²) in [6.07, 6.45) is 12.8. The molecule has 328 valence electrons. The first kappa shape index (κ1) is 44.5. The third-order valence-corrected chi connectivity index (χ3v) is 16.8. The fourth-order valence-electron chi connectivity index (χ4n) is 9.14. The monoisotopic (exact) mass is 900 g/mol. The van der Waals surface area contributed by atoms with E-state index in [1.807, 2.05) is 52.0 Å². The largest absolute Gasteiger partial charge is 0.454 e. The number of halogens is 1. The molecule has 4 aromatic heterocycles. The van der Waals surface area contributed by atoms with E-state index in [1.54, 1.807) is 24.3 Å². The summed E-state index contributed by atoms with van der Waals surface area (Å²) in [4.78, 5) is 9.93. The molecule has 0 radical (unpaired) electrons. The first-order valence-corrected chi connectivity index (χ1v) is 25.5. The molecule has 2 N–H and O–H groups in total. The quantitative estimate of drug-likeness (QED) is 0.0980. The van der Waals surface area contributed by atoms with Gasteiger partial charge in [0.05, 0.1) is 43.7 Å². The van der Waals surface area contributed by atoms with E-state index in [0.717, 1.165) is 122 Å². The Bertz CT molecular complexity index is 2790. The molecule has 0 aliphatic heterocycles. The van der Waals surface area contributed by atoms with Gasteiger partial charge in [0, 0.05) is 33.5 Å². The summed E-state index contributed by atoms with van der Waals surface area (Å²) >= 11 is 6.07. The maximum Gasteiger partial charge on any atom is 0.454 e. The van der Waals surface area contributed by atoms with Crippen molar-refractivity contribution in [1.29, 1.82) is 0 Å². The standard InChI is InChI=1S/C23H26N2O3S.C20H21ClN2O3S.C3H7BO2/c1-14-23(15(2)28-25-14)18-11-21-19(9-10-20(24-21)17-7-8-17)22(12-18)29(26,27)13-16-5-3-4-6-16;1-12-20(13(2)26-23-12)15-9-17-16(7-8-19(21)22-17)18(10-15)27(24,25)11-14-5-3-4-6-14;5-4(6)3-1-2-3/h9-12,16-17H,3-8,13H2,1-2H3;7-10,14H,3-6,11H2,1-2H3;3,5-6H,1-2H2. The van der Waals surface area contributed by atoms with Gasteiger partial charge in [-0.1, -0.05) is 60.4 Å². The fourth-order valence-corrected chi connectivity index (χ4v) is 13.2. The SMILES string of the molecule is Cc1noc(C)c1-c1cc(S(=O)(=O)CC2CCCC2)c2ccc(C3CC3)nc2c1.Cc1noc(C)c1-c1cc(S(=O)(=O)CC2CCCC2)c2ccc(Cl)nc2c1.OB(O)C1CC1. The van der Waals surface area contributed by atoms with E-state index in [1.165, 1.54) is 0 Å². The Hall–Kier alpha value is -4.15. The van der Waals surface area contributed by atoms with Gasteiger partial charge in [-0.05, 0) is 144 Å². The molecular formula is C46H54BClN4O8S2. The van der Waals surface area contributed by atoms with Crippen LogP contribution in [0.1, 0.15) is 112 Å². The number of rotatable bonds is 10. The fraction of sp³-hybridized carbons (Fsp3) is 0.478. The summed E-state index contributed by atoms with van der Waals surface area (Å²) in [5, 5.41) is 26.2. The third kappa shape index (κ3) is 9.97. The van der Waals surface area contributed by atoms with E-state index < -0.39 is 26.8 Å². The van der Waals surface area contributed by atoms with Crippen LogP contribution in [0.15, 0.2) is 67.4 Å². The molecule has 4 aliphatic carbocycles. The van der Waals surface area contributed by atoms with Crippen molar-refractivity contribution in [3.63, 3.8) is 0 Å². The molecule has 10 rings (SSSR count). The summed E-state index contributed by atoms with van der Waals surface area (Å²) < 4.78 is 64.1. The van der Waals surface area contributed by atoms with Gasteiger partial charge in [-0.25, -0.2) is 21.8 Å². The zero-order valence-corrected chi connectivity index (χ0v) is 38.1. The van der Waals surface area contributed by atoms with Crippen molar-refractivity contribution >= 4 is 60.2 Å². The van der Waals surface area contributed by atoms with Gasteiger partial charge >= 0.3 is 7.12 Å². The van der Waals surface area contributed by atoms with Gasteiger partial charge in [-0.15, -0.1) is 0 Å². The molecule has 0 bridgehead atoms. The Morgan fingerprint density at radius 1 is 0.629 bits per heavy atom.